The minimum Gasteiger partial charge on any atom is -0.455 e. The third kappa shape index (κ3) is 12.4. The van der Waals surface area contributed by atoms with Crippen molar-refractivity contribution in [2.75, 3.05) is 4.90 Å². The fraction of sp³-hybridized carbons (Fsp3) is 0.0177. The molecular formula is C113H75N9O3. The Kier molecular flexibility index (Phi) is 17.4. The minimum absolute atomic E-state index is 0.0862. The van der Waals surface area contributed by atoms with Crippen LogP contribution < -0.4 is 4.90 Å². The molecule has 12 heteroatoms. The monoisotopic (exact) mass is 1610 g/mol. The first-order valence-electron chi connectivity index (χ1n) is 42.3. The number of para-hydroxylation sites is 6. The second kappa shape index (κ2) is 30.1. The first kappa shape index (κ1) is 72.2. The molecule has 16 aromatic carbocycles. The number of aliphatic imine (C=N–C) groups is 1. The van der Waals surface area contributed by atoms with Crippen molar-refractivity contribution in [1.82, 2.24) is 32.8 Å². The third-order valence-electron chi connectivity index (χ3n) is 24.4. The molecule has 8 aromatic heterocycles. The highest BCUT2D eigenvalue weighted by Crippen LogP contribution is 2.46. The van der Waals surface area contributed by atoms with Gasteiger partial charge in [-0.05, 0) is 152 Å². The molecule has 0 fully saturated rings. The van der Waals surface area contributed by atoms with Gasteiger partial charge in [0.2, 0.25) is 0 Å². The van der Waals surface area contributed by atoms with E-state index < -0.39 is 0 Å². The van der Waals surface area contributed by atoms with Crippen LogP contribution in [0.1, 0.15) is 5.56 Å². The lowest BCUT2D eigenvalue weighted by molar-refractivity contribution is 0.635. The molecule has 2 atom stereocenters. The quantitative estimate of drug-likeness (QED) is 0.121. The van der Waals surface area contributed by atoms with E-state index >= 15 is 0 Å². The summed E-state index contributed by atoms with van der Waals surface area (Å²) in [6.45, 7) is 0. The van der Waals surface area contributed by atoms with Gasteiger partial charge >= 0.3 is 0 Å². The number of allylic oxidation sites excluding steroid dienone is 2. The fourth-order valence-electron chi connectivity index (χ4n) is 18.8. The predicted octanol–water partition coefficient (Wildman–Crippen LogP) is 28.6. The molecule has 12 nitrogen and oxygen atoms in total. The van der Waals surface area contributed by atoms with Gasteiger partial charge in [0.05, 0.1) is 72.4 Å². The van der Waals surface area contributed by atoms with Crippen molar-refractivity contribution in [1.29, 1.82) is 0 Å². The van der Waals surface area contributed by atoms with Crippen molar-refractivity contribution in [3.8, 4) is 85.2 Å². The van der Waals surface area contributed by atoms with Crippen LogP contribution >= 0.6 is 0 Å². The Hall–Kier alpha value is -16.8. The average Bonchev–Trinajstić information content (AvgIpc) is 1.57. The summed E-state index contributed by atoms with van der Waals surface area (Å²) in [7, 11) is 0. The fourth-order valence-corrected chi connectivity index (χ4v) is 18.8. The molecule has 24 aromatic rings. The van der Waals surface area contributed by atoms with Crippen LogP contribution in [0.5, 0.6) is 0 Å². The molecule has 0 saturated heterocycles. The van der Waals surface area contributed by atoms with Crippen LogP contribution in [-0.2, 0) is 0 Å². The van der Waals surface area contributed by atoms with E-state index in [0.29, 0.717) is 0 Å². The van der Waals surface area contributed by atoms with Crippen LogP contribution in [0, 0.1) is 0 Å². The van der Waals surface area contributed by atoms with Gasteiger partial charge in [0, 0.05) is 112 Å². The molecule has 2 aliphatic rings. The van der Waals surface area contributed by atoms with Crippen molar-refractivity contribution in [2.24, 2.45) is 4.99 Å². The number of hydrogen-bond donors (Lipinski definition) is 0. The second-order valence-electron chi connectivity index (χ2n) is 31.7. The van der Waals surface area contributed by atoms with E-state index in [9.17, 15) is 0 Å². The maximum absolute atomic E-state index is 6.60. The van der Waals surface area contributed by atoms with Crippen LogP contribution in [0.2, 0.25) is 0 Å². The van der Waals surface area contributed by atoms with Gasteiger partial charge < -0.3 is 31.9 Å². The number of benzene rings is 16. The lowest BCUT2D eigenvalue weighted by Crippen LogP contribution is -2.39. The van der Waals surface area contributed by atoms with Crippen molar-refractivity contribution < 1.29 is 13.3 Å². The van der Waals surface area contributed by atoms with E-state index in [2.05, 4.69) is 379 Å². The molecule has 0 radical (unpaired) electrons. The molecule has 0 saturated carbocycles. The Morgan fingerprint density at radius 3 is 1.18 bits per heavy atom. The first-order chi connectivity index (χ1) is 62.0. The van der Waals surface area contributed by atoms with Crippen molar-refractivity contribution in [3.63, 3.8) is 0 Å². The number of nitrogens with zero attached hydrogens (tertiary/aromatic N) is 9. The highest BCUT2D eigenvalue weighted by atomic mass is 16.3. The van der Waals surface area contributed by atoms with E-state index in [1.807, 2.05) is 97.3 Å². The maximum atomic E-state index is 6.60. The zero-order chi connectivity index (χ0) is 82.4. The van der Waals surface area contributed by atoms with Crippen LogP contribution in [0.4, 0.5) is 5.69 Å². The molecular weight excluding hydrogens is 1530 g/mol. The summed E-state index contributed by atoms with van der Waals surface area (Å²) >= 11 is 0. The highest BCUT2D eigenvalue weighted by molar-refractivity contribution is 6.23. The number of imidazole rings is 2. The average molecular weight is 1610 g/mol. The number of fused-ring (bicyclic) bond motifs is 17. The summed E-state index contributed by atoms with van der Waals surface area (Å²) in [5.41, 5.74) is 24.6. The molecule has 0 N–H and O–H groups in total. The largest absolute Gasteiger partial charge is 0.455 e. The van der Waals surface area contributed by atoms with Gasteiger partial charge in [-0.2, -0.15) is 0 Å². The standard InChI is InChI=1S/C39H25N3O.C39H27N3O.C35H23N3O/c1-3-12-26(13-4-1)36-25-27-22-23-35-37(38(27)43-36)31-18-7-9-20-33(31)41(35)30-17-11-14-28(24-30)39-40-32-19-8-10-21-34(32)42(39)29-15-5-2-6-16-29;1-3-12-26(13-4-1)36-24-28-22-23-35-37(38(28)43-36)31-18-7-9-20-33(31)41(35)29-16-11-17-30(25-29)42-34-21-10-8-19-32(34)40-39(42)27-14-5-2-6-15-27;1-3-9-24(10-4-1)32-23-26-15-20-31-33(34(26)39-32)29-13-7-8-14-30(29)38(31)28-18-16-27(17-19-28)37-22-21-36-35(37)25-11-5-2-6-12-25/h1-25H;1-25,32,34H;1-23H. The first-order valence-corrected chi connectivity index (χ1v) is 42.3. The maximum Gasteiger partial charge on any atom is 0.145 e. The number of amidine groups is 1. The smallest absolute Gasteiger partial charge is 0.145 e. The summed E-state index contributed by atoms with van der Waals surface area (Å²) in [5, 5.41) is 10.2. The Bertz CT molecular complexity index is 8350. The molecule has 590 valence electrons. The van der Waals surface area contributed by atoms with E-state index in [0.717, 1.165) is 195 Å². The third-order valence-corrected chi connectivity index (χ3v) is 24.4. The van der Waals surface area contributed by atoms with E-state index in [-0.39, 0.29) is 12.1 Å². The van der Waals surface area contributed by atoms with Gasteiger partial charge in [0.1, 0.15) is 51.5 Å². The van der Waals surface area contributed by atoms with Gasteiger partial charge in [-0.1, -0.05) is 279 Å². The summed E-state index contributed by atoms with van der Waals surface area (Å²) < 4.78 is 31.1. The number of rotatable bonds is 12. The molecule has 0 amide bonds. The zero-order valence-electron chi connectivity index (χ0n) is 67.6. The van der Waals surface area contributed by atoms with E-state index in [1.165, 1.54) is 16.2 Å². The lowest BCUT2D eigenvalue weighted by Gasteiger charge is -2.29. The van der Waals surface area contributed by atoms with Gasteiger partial charge in [-0.3, -0.25) is 14.1 Å². The molecule has 26 rings (SSSR count). The topological polar surface area (TPSA) is 105 Å². The molecule has 0 bridgehead atoms. The van der Waals surface area contributed by atoms with Gasteiger partial charge in [-0.15, -0.1) is 0 Å². The molecule has 0 spiro atoms. The molecule has 1 aliphatic heterocycles. The Morgan fingerprint density at radius 1 is 0.264 bits per heavy atom. The van der Waals surface area contributed by atoms with Gasteiger partial charge in [0.15, 0.2) is 0 Å². The second-order valence-corrected chi connectivity index (χ2v) is 31.7. The number of aromatic nitrogens is 7. The van der Waals surface area contributed by atoms with Crippen LogP contribution in [0.25, 0.3) is 195 Å². The van der Waals surface area contributed by atoms with Gasteiger partial charge in [0.25, 0.3) is 0 Å². The molecule has 9 heterocycles. The number of furan rings is 3. The SMILES string of the molecule is C1=CC2N=C(c3ccccc3)N(c3cccc(-n4c5ccccc5c5c6oc(-c7ccccc7)cc6ccc54)c3)C2C=C1.c1ccc(-c2cc3ccc4c(c5ccccc5n4-c4ccc(-n5ccnc5-c5ccccc5)cc4)c3o2)cc1.c1ccc(-c2cc3ccc4c(c5ccccc5n4-c4cccc(-c5nc6ccccc6n5-c5ccccc5)c4)c3o2)cc1. The molecule has 2 unspecified atom stereocenters. The minimum atomic E-state index is 0.0862. The zero-order valence-corrected chi connectivity index (χ0v) is 67.6. The summed E-state index contributed by atoms with van der Waals surface area (Å²) in [4.78, 5) is 17.3. The Morgan fingerprint density at radius 2 is 0.656 bits per heavy atom. The van der Waals surface area contributed by atoms with Crippen molar-refractivity contribution in [3.05, 3.63) is 449 Å². The van der Waals surface area contributed by atoms with Gasteiger partial charge in [-0.25, -0.2) is 9.97 Å². The van der Waals surface area contributed by atoms with E-state index in [4.69, 9.17) is 23.2 Å². The van der Waals surface area contributed by atoms with Crippen molar-refractivity contribution >= 4 is 121 Å². The summed E-state index contributed by atoms with van der Waals surface area (Å²) in [5.74, 6) is 5.48. The summed E-state index contributed by atoms with van der Waals surface area (Å²) in [6.07, 6.45) is 12.5. The Labute approximate surface area is 718 Å². The molecule has 1 aliphatic carbocycles. The van der Waals surface area contributed by atoms with Crippen LogP contribution in [0.3, 0.4) is 0 Å². The molecule has 125 heavy (non-hydrogen) atoms. The van der Waals surface area contributed by atoms with Crippen LogP contribution in [-0.4, -0.2) is 50.7 Å². The number of anilines is 1. The summed E-state index contributed by atoms with van der Waals surface area (Å²) in [6, 6.07) is 142. The van der Waals surface area contributed by atoms with E-state index in [1.54, 1.807) is 0 Å². The van der Waals surface area contributed by atoms with Crippen LogP contribution in [0.15, 0.2) is 461 Å². The lowest BCUT2D eigenvalue weighted by atomic mass is 10.0. The number of hydrogen-bond acceptors (Lipinski definition) is 7. The van der Waals surface area contributed by atoms with Crippen molar-refractivity contribution in [2.45, 2.75) is 12.1 Å². The highest BCUT2D eigenvalue weighted by Gasteiger charge is 2.36. The normalized spacial score (nSPS) is 13.7. The Balaban J connectivity index is 0.000000105. The predicted molar refractivity (Wildman–Crippen MR) is 512 cm³/mol.